The van der Waals surface area contributed by atoms with E-state index in [1.54, 1.807) is 36.7 Å². The molecule has 2 heterocycles. The summed E-state index contributed by atoms with van der Waals surface area (Å²) in [5.74, 6) is -0.787. The molecule has 0 saturated carbocycles. The lowest BCUT2D eigenvalue weighted by Gasteiger charge is -2.16. The van der Waals surface area contributed by atoms with Gasteiger partial charge in [-0.3, -0.25) is 24.3 Å². The van der Waals surface area contributed by atoms with Gasteiger partial charge in [-0.1, -0.05) is 37.3 Å². The highest BCUT2D eigenvalue weighted by molar-refractivity contribution is 6.22. The second-order valence-corrected chi connectivity index (χ2v) is 7.54. The van der Waals surface area contributed by atoms with Crippen molar-refractivity contribution in [1.29, 1.82) is 0 Å². The molecule has 0 bridgehead atoms. The Bertz CT molecular complexity index is 1110. The van der Waals surface area contributed by atoms with Crippen molar-refractivity contribution in [2.45, 2.75) is 25.8 Å². The van der Waals surface area contributed by atoms with Crippen LogP contribution in [-0.4, -0.2) is 34.2 Å². The SMILES string of the molecule is CC[C@H](CNC(=O)c1ccc2c(c1)C(=O)N(Cc1ccncc1)C2=O)c1ccccc1. The standard InChI is InChI=1S/C25H23N3O3/c1-2-18(19-6-4-3-5-7-19)15-27-23(29)20-8-9-21-22(14-20)25(31)28(24(21)30)16-17-10-12-26-13-11-17/h3-14,18H,2,15-16H2,1H3,(H,27,29)/t18-/m1/s1. The van der Waals surface area contributed by atoms with E-state index >= 15 is 0 Å². The summed E-state index contributed by atoms with van der Waals surface area (Å²) in [6, 6.07) is 18.2. The van der Waals surface area contributed by atoms with Gasteiger partial charge < -0.3 is 5.32 Å². The van der Waals surface area contributed by atoms with Crippen molar-refractivity contribution in [2.75, 3.05) is 6.54 Å². The zero-order valence-electron chi connectivity index (χ0n) is 17.2. The molecule has 0 radical (unpaired) electrons. The van der Waals surface area contributed by atoms with Crippen LogP contribution in [0.2, 0.25) is 0 Å². The Morgan fingerprint density at radius 3 is 2.39 bits per heavy atom. The Morgan fingerprint density at radius 2 is 1.68 bits per heavy atom. The largest absolute Gasteiger partial charge is 0.351 e. The van der Waals surface area contributed by atoms with Gasteiger partial charge in [-0.25, -0.2) is 0 Å². The van der Waals surface area contributed by atoms with E-state index in [1.807, 2.05) is 18.2 Å². The monoisotopic (exact) mass is 413 g/mol. The lowest BCUT2D eigenvalue weighted by Crippen LogP contribution is -2.29. The Hall–Kier alpha value is -3.80. The number of carbonyl (C=O) groups is 3. The first-order valence-electron chi connectivity index (χ1n) is 10.3. The van der Waals surface area contributed by atoms with Gasteiger partial charge in [0.2, 0.25) is 0 Å². The molecule has 6 nitrogen and oxygen atoms in total. The fourth-order valence-electron chi connectivity index (χ4n) is 3.79. The molecule has 156 valence electrons. The van der Waals surface area contributed by atoms with Crippen LogP contribution in [0.4, 0.5) is 0 Å². The number of imide groups is 1. The Labute approximate surface area is 180 Å². The maximum absolute atomic E-state index is 12.8. The van der Waals surface area contributed by atoms with Crippen LogP contribution >= 0.6 is 0 Å². The molecule has 3 amide bonds. The third kappa shape index (κ3) is 4.23. The quantitative estimate of drug-likeness (QED) is 0.598. The minimum absolute atomic E-state index is 0.172. The summed E-state index contributed by atoms with van der Waals surface area (Å²) in [6.07, 6.45) is 4.13. The number of pyridine rings is 1. The molecule has 1 N–H and O–H groups in total. The highest BCUT2D eigenvalue weighted by Crippen LogP contribution is 2.26. The van der Waals surface area contributed by atoms with Gasteiger partial charge >= 0.3 is 0 Å². The molecular formula is C25H23N3O3. The van der Waals surface area contributed by atoms with E-state index in [4.69, 9.17) is 0 Å². The normalized spacial score (nSPS) is 13.8. The van der Waals surface area contributed by atoms with Gasteiger partial charge in [-0.15, -0.1) is 0 Å². The molecule has 2 aromatic carbocycles. The summed E-state index contributed by atoms with van der Waals surface area (Å²) < 4.78 is 0. The molecule has 1 aromatic heterocycles. The van der Waals surface area contributed by atoms with E-state index in [0.717, 1.165) is 12.0 Å². The third-order valence-electron chi connectivity index (χ3n) is 5.60. The van der Waals surface area contributed by atoms with E-state index < -0.39 is 0 Å². The lowest BCUT2D eigenvalue weighted by molar-refractivity contribution is 0.0642. The van der Waals surface area contributed by atoms with E-state index in [9.17, 15) is 14.4 Å². The third-order valence-corrected chi connectivity index (χ3v) is 5.60. The fourth-order valence-corrected chi connectivity index (χ4v) is 3.79. The number of fused-ring (bicyclic) bond motifs is 1. The fraction of sp³-hybridized carbons (Fsp3) is 0.200. The van der Waals surface area contributed by atoms with Crippen LogP contribution in [0.3, 0.4) is 0 Å². The van der Waals surface area contributed by atoms with Crippen LogP contribution < -0.4 is 5.32 Å². The molecular weight excluding hydrogens is 390 g/mol. The van der Waals surface area contributed by atoms with Gasteiger partial charge in [-0.05, 0) is 47.9 Å². The maximum atomic E-state index is 12.8. The molecule has 1 aliphatic heterocycles. The summed E-state index contributed by atoms with van der Waals surface area (Å²) in [4.78, 5) is 43.4. The molecule has 0 spiro atoms. The summed E-state index contributed by atoms with van der Waals surface area (Å²) >= 11 is 0. The second kappa shape index (κ2) is 8.92. The molecule has 0 fully saturated rings. The van der Waals surface area contributed by atoms with Crippen LogP contribution in [-0.2, 0) is 6.54 Å². The van der Waals surface area contributed by atoms with Crippen LogP contribution in [0, 0.1) is 0 Å². The zero-order valence-corrected chi connectivity index (χ0v) is 17.2. The lowest BCUT2D eigenvalue weighted by atomic mass is 9.96. The number of nitrogens with zero attached hydrogens (tertiary/aromatic N) is 2. The number of benzene rings is 2. The molecule has 1 atom stereocenters. The van der Waals surface area contributed by atoms with Crippen molar-refractivity contribution >= 4 is 17.7 Å². The first-order valence-corrected chi connectivity index (χ1v) is 10.3. The van der Waals surface area contributed by atoms with Crippen molar-refractivity contribution < 1.29 is 14.4 Å². The molecule has 31 heavy (non-hydrogen) atoms. The predicted molar refractivity (Wildman–Crippen MR) is 117 cm³/mol. The number of carbonyl (C=O) groups excluding carboxylic acids is 3. The van der Waals surface area contributed by atoms with Crippen LogP contribution in [0.1, 0.15) is 61.5 Å². The summed E-state index contributed by atoms with van der Waals surface area (Å²) in [5, 5.41) is 2.96. The number of hydrogen-bond donors (Lipinski definition) is 1. The average Bonchev–Trinajstić information content (AvgIpc) is 3.05. The number of nitrogens with one attached hydrogen (secondary N) is 1. The van der Waals surface area contributed by atoms with Gasteiger partial charge in [-0.2, -0.15) is 0 Å². The topological polar surface area (TPSA) is 79.4 Å². The van der Waals surface area contributed by atoms with E-state index in [0.29, 0.717) is 17.7 Å². The molecule has 4 rings (SSSR count). The molecule has 0 saturated heterocycles. The Kier molecular flexibility index (Phi) is 5.89. The van der Waals surface area contributed by atoms with E-state index in [-0.39, 0.29) is 35.7 Å². The Morgan fingerprint density at radius 1 is 0.968 bits per heavy atom. The predicted octanol–water partition coefficient (Wildman–Crippen LogP) is 3.80. The minimum atomic E-state index is -0.387. The highest BCUT2D eigenvalue weighted by Gasteiger charge is 2.36. The highest BCUT2D eigenvalue weighted by atomic mass is 16.2. The van der Waals surface area contributed by atoms with Gasteiger partial charge in [0.05, 0.1) is 17.7 Å². The van der Waals surface area contributed by atoms with Gasteiger partial charge in [0.15, 0.2) is 0 Å². The smallest absolute Gasteiger partial charge is 0.261 e. The number of rotatable bonds is 7. The van der Waals surface area contributed by atoms with Crippen molar-refractivity contribution in [3.8, 4) is 0 Å². The molecule has 6 heteroatoms. The van der Waals surface area contributed by atoms with Crippen molar-refractivity contribution in [3.05, 3.63) is 101 Å². The average molecular weight is 413 g/mol. The van der Waals surface area contributed by atoms with Crippen molar-refractivity contribution in [1.82, 2.24) is 15.2 Å². The van der Waals surface area contributed by atoms with Crippen molar-refractivity contribution in [2.24, 2.45) is 0 Å². The van der Waals surface area contributed by atoms with Crippen molar-refractivity contribution in [3.63, 3.8) is 0 Å². The molecule has 3 aromatic rings. The molecule has 0 aliphatic carbocycles. The number of amides is 3. The first kappa shape index (κ1) is 20.5. The number of aromatic nitrogens is 1. The minimum Gasteiger partial charge on any atom is -0.351 e. The maximum Gasteiger partial charge on any atom is 0.261 e. The summed E-state index contributed by atoms with van der Waals surface area (Å²) in [5.41, 5.74) is 2.95. The van der Waals surface area contributed by atoms with Gasteiger partial charge in [0.1, 0.15) is 0 Å². The van der Waals surface area contributed by atoms with Gasteiger partial charge in [0.25, 0.3) is 17.7 Å². The van der Waals surface area contributed by atoms with Crippen LogP contribution in [0.5, 0.6) is 0 Å². The van der Waals surface area contributed by atoms with E-state index in [1.165, 1.54) is 16.5 Å². The Balaban J connectivity index is 1.47. The second-order valence-electron chi connectivity index (χ2n) is 7.54. The van der Waals surface area contributed by atoms with Crippen LogP contribution in [0.25, 0.3) is 0 Å². The number of hydrogen-bond acceptors (Lipinski definition) is 4. The summed E-state index contributed by atoms with van der Waals surface area (Å²) in [6.45, 7) is 2.75. The summed E-state index contributed by atoms with van der Waals surface area (Å²) in [7, 11) is 0. The van der Waals surface area contributed by atoms with Gasteiger partial charge in [0, 0.05) is 30.4 Å². The van der Waals surface area contributed by atoms with E-state index in [2.05, 4.69) is 29.4 Å². The molecule has 1 aliphatic rings. The first-order chi connectivity index (χ1) is 15.1. The zero-order chi connectivity index (χ0) is 21.8. The molecule has 0 unspecified atom stereocenters. The van der Waals surface area contributed by atoms with Crippen LogP contribution in [0.15, 0.2) is 73.1 Å².